The van der Waals surface area contributed by atoms with E-state index in [0.717, 1.165) is 18.0 Å². The highest BCUT2D eigenvalue weighted by molar-refractivity contribution is 5.89. The van der Waals surface area contributed by atoms with Crippen molar-refractivity contribution in [2.75, 3.05) is 19.4 Å². The maximum atomic E-state index is 11.7. The molecule has 19 heavy (non-hydrogen) atoms. The Hall–Kier alpha value is -2.08. The van der Waals surface area contributed by atoms with Gasteiger partial charge in [0.1, 0.15) is 5.76 Å². The van der Waals surface area contributed by atoms with Crippen molar-refractivity contribution in [2.24, 2.45) is 0 Å². The lowest BCUT2D eigenvalue weighted by Gasteiger charge is -2.05. The molecule has 2 rings (SSSR count). The molecule has 0 saturated heterocycles. The van der Waals surface area contributed by atoms with Gasteiger partial charge in [-0.1, -0.05) is 0 Å². The fraction of sp³-hybridized carbons (Fsp3) is 0.385. The average Bonchev–Trinajstić information content (AvgIpc) is 2.97. The SMILES string of the molecule is CN(C)Cc1cc(NC(=O)CCc2ccco2)n[nH]1. The molecular weight excluding hydrogens is 244 g/mol. The molecule has 0 atom stereocenters. The van der Waals surface area contributed by atoms with E-state index in [-0.39, 0.29) is 5.91 Å². The highest BCUT2D eigenvalue weighted by Gasteiger charge is 2.07. The van der Waals surface area contributed by atoms with Crippen molar-refractivity contribution in [3.05, 3.63) is 35.9 Å². The van der Waals surface area contributed by atoms with E-state index >= 15 is 0 Å². The lowest BCUT2D eigenvalue weighted by Crippen LogP contribution is -2.12. The number of aromatic amines is 1. The third kappa shape index (κ3) is 4.26. The van der Waals surface area contributed by atoms with Gasteiger partial charge >= 0.3 is 0 Å². The van der Waals surface area contributed by atoms with Crippen LogP contribution in [0.2, 0.25) is 0 Å². The molecule has 6 heteroatoms. The molecule has 0 unspecified atom stereocenters. The van der Waals surface area contributed by atoms with Crippen molar-refractivity contribution in [3.8, 4) is 0 Å². The minimum Gasteiger partial charge on any atom is -0.469 e. The van der Waals surface area contributed by atoms with Crippen LogP contribution in [0.25, 0.3) is 0 Å². The van der Waals surface area contributed by atoms with Crippen LogP contribution in [0.5, 0.6) is 0 Å². The predicted octanol–water partition coefficient (Wildman–Crippen LogP) is 1.64. The maximum absolute atomic E-state index is 11.7. The van der Waals surface area contributed by atoms with Crippen LogP contribution in [0.15, 0.2) is 28.9 Å². The Bertz CT molecular complexity index is 516. The van der Waals surface area contributed by atoms with Gasteiger partial charge in [0.15, 0.2) is 5.82 Å². The van der Waals surface area contributed by atoms with Crippen LogP contribution in [-0.4, -0.2) is 35.1 Å². The average molecular weight is 262 g/mol. The summed E-state index contributed by atoms with van der Waals surface area (Å²) in [6.45, 7) is 0.759. The molecule has 0 spiro atoms. The molecule has 0 radical (unpaired) electrons. The molecule has 0 fully saturated rings. The number of amides is 1. The van der Waals surface area contributed by atoms with Crippen molar-refractivity contribution in [3.63, 3.8) is 0 Å². The largest absolute Gasteiger partial charge is 0.469 e. The Morgan fingerprint density at radius 1 is 1.53 bits per heavy atom. The summed E-state index contributed by atoms with van der Waals surface area (Å²) in [6, 6.07) is 5.51. The minimum atomic E-state index is -0.0701. The van der Waals surface area contributed by atoms with Crippen molar-refractivity contribution in [1.29, 1.82) is 0 Å². The fourth-order valence-electron chi connectivity index (χ4n) is 1.74. The summed E-state index contributed by atoms with van der Waals surface area (Å²) < 4.78 is 5.17. The topological polar surface area (TPSA) is 74.2 Å². The standard InChI is InChI=1S/C13H18N4O2/c1-17(2)9-10-8-12(16-15-10)14-13(18)6-5-11-4-3-7-19-11/h3-4,7-8H,5-6,9H2,1-2H3,(H2,14,15,16,18). The van der Waals surface area contributed by atoms with E-state index in [0.29, 0.717) is 18.7 Å². The van der Waals surface area contributed by atoms with E-state index < -0.39 is 0 Å². The van der Waals surface area contributed by atoms with Crippen LogP contribution in [-0.2, 0) is 17.8 Å². The van der Waals surface area contributed by atoms with Gasteiger partial charge in [-0.05, 0) is 26.2 Å². The van der Waals surface area contributed by atoms with E-state index in [9.17, 15) is 4.79 Å². The van der Waals surface area contributed by atoms with E-state index in [1.54, 1.807) is 6.26 Å². The number of hydrogen-bond acceptors (Lipinski definition) is 4. The zero-order valence-electron chi connectivity index (χ0n) is 11.1. The zero-order chi connectivity index (χ0) is 13.7. The molecule has 0 saturated carbocycles. The van der Waals surface area contributed by atoms with Gasteiger partial charge in [-0.15, -0.1) is 0 Å². The smallest absolute Gasteiger partial charge is 0.226 e. The number of aromatic nitrogens is 2. The Balaban J connectivity index is 1.80. The van der Waals surface area contributed by atoms with Crippen molar-refractivity contribution >= 4 is 11.7 Å². The molecular formula is C13H18N4O2. The number of nitrogens with zero attached hydrogens (tertiary/aromatic N) is 2. The van der Waals surface area contributed by atoms with Gasteiger partial charge in [0.05, 0.1) is 12.0 Å². The third-order valence-electron chi connectivity index (χ3n) is 2.56. The number of rotatable bonds is 6. The normalized spacial score (nSPS) is 10.9. The monoisotopic (exact) mass is 262 g/mol. The fourth-order valence-corrected chi connectivity index (χ4v) is 1.74. The highest BCUT2D eigenvalue weighted by atomic mass is 16.3. The third-order valence-corrected chi connectivity index (χ3v) is 2.56. The number of nitrogens with one attached hydrogen (secondary N) is 2. The molecule has 0 aliphatic rings. The van der Waals surface area contributed by atoms with Crippen LogP contribution in [0.3, 0.4) is 0 Å². The van der Waals surface area contributed by atoms with E-state index in [2.05, 4.69) is 15.5 Å². The first-order valence-electron chi connectivity index (χ1n) is 6.15. The highest BCUT2D eigenvalue weighted by Crippen LogP contribution is 2.09. The first kappa shape index (κ1) is 13.4. The second kappa shape index (κ2) is 6.19. The number of furan rings is 1. The Labute approximate surface area is 111 Å². The van der Waals surface area contributed by atoms with Crippen LogP contribution in [0, 0.1) is 0 Å². The summed E-state index contributed by atoms with van der Waals surface area (Å²) >= 11 is 0. The van der Waals surface area contributed by atoms with Gasteiger partial charge in [-0.3, -0.25) is 9.89 Å². The van der Waals surface area contributed by atoms with E-state index in [1.807, 2.05) is 37.2 Å². The summed E-state index contributed by atoms with van der Waals surface area (Å²) in [5.74, 6) is 1.30. The van der Waals surface area contributed by atoms with Gasteiger partial charge in [-0.25, -0.2) is 0 Å². The second-order valence-corrected chi connectivity index (χ2v) is 4.64. The van der Waals surface area contributed by atoms with Gasteiger partial charge in [0.2, 0.25) is 5.91 Å². The molecule has 0 aliphatic heterocycles. The van der Waals surface area contributed by atoms with Gasteiger partial charge in [-0.2, -0.15) is 5.10 Å². The van der Waals surface area contributed by atoms with Crippen LogP contribution in [0.4, 0.5) is 5.82 Å². The quantitative estimate of drug-likeness (QED) is 0.830. The lowest BCUT2D eigenvalue weighted by atomic mass is 10.2. The van der Waals surface area contributed by atoms with Crippen LogP contribution in [0.1, 0.15) is 17.9 Å². The molecule has 6 nitrogen and oxygen atoms in total. The predicted molar refractivity (Wildman–Crippen MR) is 71.6 cm³/mol. The first-order chi connectivity index (χ1) is 9.13. The zero-order valence-corrected chi connectivity index (χ0v) is 11.1. The molecule has 102 valence electrons. The Morgan fingerprint density at radius 2 is 2.37 bits per heavy atom. The first-order valence-corrected chi connectivity index (χ1v) is 6.15. The van der Waals surface area contributed by atoms with Gasteiger partial charge in [0.25, 0.3) is 0 Å². The molecule has 2 aromatic heterocycles. The number of aryl methyl sites for hydroxylation is 1. The molecule has 0 aromatic carbocycles. The number of carbonyl (C=O) groups is 1. The van der Waals surface area contributed by atoms with E-state index in [4.69, 9.17) is 4.42 Å². The van der Waals surface area contributed by atoms with Crippen LogP contribution >= 0.6 is 0 Å². The summed E-state index contributed by atoms with van der Waals surface area (Å²) in [5.41, 5.74) is 0.964. The Kier molecular flexibility index (Phi) is 4.35. The van der Waals surface area contributed by atoms with Crippen LogP contribution < -0.4 is 5.32 Å². The Morgan fingerprint density at radius 3 is 3.05 bits per heavy atom. The molecule has 2 aromatic rings. The molecule has 0 bridgehead atoms. The number of anilines is 1. The van der Waals surface area contributed by atoms with E-state index in [1.165, 1.54) is 0 Å². The van der Waals surface area contributed by atoms with Crippen molar-refractivity contribution in [2.45, 2.75) is 19.4 Å². The van der Waals surface area contributed by atoms with Crippen molar-refractivity contribution < 1.29 is 9.21 Å². The minimum absolute atomic E-state index is 0.0701. The second-order valence-electron chi connectivity index (χ2n) is 4.64. The van der Waals surface area contributed by atoms with Crippen molar-refractivity contribution in [1.82, 2.24) is 15.1 Å². The lowest BCUT2D eigenvalue weighted by molar-refractivity contribution is -0.116. The van der Waals surface area contributed by atoms with Gasteiger partial charge in [0, 0.05) is 25.5 Å². The summed E-state index contributed by atoms with van der Waals surface area (Å²) in [7, 11) is 3.95. The number of hydrogen-bond donors (Lipinski definition) is 2. The number of H-pyrrole nitrogens is 1. The summed E-state index contributed by atoms with van der Waals surface area (Å²) in [6.07, 6.45) is 2.58. The molecule has 1 amide bonds. The molecule has 2 heterocycles. The summed E-state index contributed by atoms with van der Waals surface area (Å²) in [5, 5.41) is 9.69. The number of carbonyl (C=O) groups excluding carboxylic acids is 1. The maximum Gasteiger partial charge on any atom is 0.226 e. The summed E-state index contributed by atoms with van der Waals surface area (Å²) in [4.78, 5) is 13.7. The van der Waals surface area contributed by atoms with Gasteiger partial charge < -0.3 is 14.6 Å². The molecule has 0 aliphatic carbocycles. The molecule has 2 N–H and O–H groups in total.